The highest BCUT2D eigenvalue weighted by atomic mass is 32.2. The summed E-state index contributed by atoms with van der Waals surface area (Å²) >= 11 is 0. The zero-order valence-electron chi connectivity index (χ0n) is 16.0. The van der Waals surface area contributed by atoms with E-state index in [4.69, 9.17) is 0 Å². The molecule has 0 aromatic carbocycles. The summed E-state index contributed by atoms with van der Waals surface area (Å²) in [5.74, 6) is 3.70. The van der Waals surface area contributed by atoms with Crippen LogP contribution < -0.4 is 0 Å². The lowest BCUT2D eigenvalue weighted by molar-refractivity contribution is -0.0648. The molecule has 0 aliphatic heterocycles. The molecule has 154 valence electrons. The van der Waals surface area contributed by atoms with Gasteiger partial charge in [0, 0.05) is 5.41 Å². The summed E-state index contributed by atoms with van der Waals surface area (Å²) in [5.41, 5.74) is -5.97. The van der Waals surface area contributed by atoms with Crippen LogP contribution in [0.2, 0.25) is 0 Å². The van der Waals surface area contributed by atoms with Crippen molar-refractivity contribution in [2.45, 2.75) is 70.7 Å². The van der Waals surface area contributed by atoms with E-state index < -0.39 is 21.0 Å². The van der Waals surface area contributed by atoms with Crippen LogP contribution in [-0.4, -0.2) is 13.9 Å². The number of fused-ring (bicyclic) bond motifs is 5. The lowest BCUT2D eigenvalue weighted by Crippen LogP contribution is -2.48. The maximum atomic E-state index is 12.8. The Morgan fingerprint density at radius 1 is 1.07 bits per heavy atom. The molecule has 4 aliphatic carbocycles. The van der Waals surface area contributed by atoms with Crippen LogP contribution in [0.5, 0.6) is 0 Å². The lowest BCUT2D eigenvalue weighted by Gasteiger charge is -2.55. The van der Waals surface area contributed by atoms with Gasteiger partial charge < -0.3 is 4.18 Å². The van der Waals surface area contributed by atoms with Crippen LogP contribution in [0.3, 0.4) is 0 Å². The maximum Gasteiger partial charge on any atom is 0.534 e. The molecule has 3 saturated carbocycles. The highest BCUT2D eigenvalue weighted by Gasteiger charge is 2.58. The topological polar surface area (TPSA) is 43.4 Å². The van der Waals surface area contributed by atoms with E-state index >= 15 is 0 Å². The molecule has 0 saturated heterocycles. The fourth-order valence-electron chi connectivity index (χ4n) is 6.91. The standard InChI is InChI=1S/C20H29F3O3S/c1-12-3-5-14-13(11-12)4-6-16-15(14)9-10-19(2)17(16)7-8-18(19)26-27(24,25)20(21,22)23/h8,12-17H,3-7,9-11H2,1-2H3/t12-,13-,14-,15+,16+,17-,19-/m0/s1. The Kier molecular flexibility index (Phi) is 4.64. The monoisotopic (exact) mass is 406 g/mol. The average Bonchev–Trinajstić information content (AvgIpc) is 2.89. The van der Waals surface area contributed by atoms with Crippen LogP contribution in [0.15, 0.2) is 11.8 Å². The van der Waals surface area contributed by atoms with Gasteiger partial charge in [-0.1, -0.05) is 20.3 Å². The molecule has 3 nitrogen and oxygen atoms in total. The number of hydrogen-bond donors (Lipinski definition) is 0. The molecule has 4 rings (SSSR count). The molecule has 27 heavy (non-hydrogen) atoms. The van der Waals surface area contributed by atoms with Crippen LogP contribution in [0.25, 0.3) is 0 Å². The molecule has 0 aromatic rings. The second kappa shape index (κ2) is 6.39. The Labute approximate surface area is 159 Å². The summed E-state index contributed by atoms with van der Waals surface area (Å²) in [6.45, 7) is 4.25. The Hall–Kier alpha value is -0.720. The van der Waals surface area contributed by atoms with Gasteiger partial charge in [0.25, 0.3) is 0 Å². The fraction of sp³-hybridized carbons (Fsp3) is 0.900. The molecule has 4 aliphatic rings. The van der Waals surface area contributed by atoms with Gasteiger partial charge in [-0.3, -0.25) is 0 Å². The van der Waals surface area contributed by atoms with Crippen molar-refractivity contribution in [3.05, 3.63) is 11.8 Å². The normalized spacial score (nSPS) is 44.7. The molecule has 0 unspecified atom stereocenters. The number of hydrogen-bond acceptors (Lipinski definition) is 3. The van der Waals surface area contributed by atoms with E-state index in [2.05, 4.69) is 11.1 Å². The van der Waals surface area contributed by atoms with Gasteiger partial charge in [-0.25, -0.2) is 0 Å². The van der Waals surface area contributed by atoms with E-state index in [1.807, 2.05) is 6.92 Å². The van der Waals surface area contributed by atoms with Gasteiger partial charge in [0.2, 0.25) is 0 Å². The summed E-state index contributed by atoms with van der Waals surface area (Å²) in [7, 11) is -5.59. The van der Waals surface area contributed by atoms with E-state index in [0.717, 1.165) is 37.0 Å². The molecule has 3 fully saturated rings. The third-order valence-corrected chi connectivity index (χ3v) is 9.18. The van der Waals surface area contributed by atoms with Gasteiger partial charge in [0.15, 0.2) is 0 Å². The van der Waals surface area contributed by atoms with E-state index in [1.165, 1.54) is 25.7 Å². The van der Waals surface area contributed by atoms with Crippen LogP contribution in [-0.2, 0) is 14.3 Å². The first kappa shape index (κ1) is 19.6. The van der Waals surface area contributed by atoms with Crippen molar-refractivity contribution in [1.29, 1.82) is 0 Å². The summed E-state index contributed by atoms with van der Waals surface area (Å²) in [5, 5.41) is 0. The van der Waals surface area contributed by atoms with Crippen molar-refractivity contribution < 1.29 is 25.8 Å². The minimum absolute atomic E-state index is 0.0302. The minimum atomic E-state index is -5.59. The average molecular weight is 407 g/mol. The number of halogens is 3. The van der Waals surface area contributed by atoms with Crippen LogP contribution >= 0.6 is 0 Å². The second-order valence-electron chi connectivity index (χ2n) is 9.60. The Bertz CT molecular complexity index is 729. The number of alkyl halides is 3. The predicted molar refractivity (Wildman–Crippen MR) is 95.8 cm³/mol. The first-order valence-corrected chi connectivity index (χ1v) is 11.6. The third kappa shape index (κ3) is 3.12. The first-order valence-electron chi connectivity index (χ1n) is 10.2. The van der Waals surface area contributed by atoms with E-state index in [1.54, 1.807) is 6.08 Å². The van der Waals surface area contributed by atoms with Crippen molar-refractivity contribution in [2.24, 2.45) is 40.9 Å². The Balaban J connectivity index is 1.53. The molecule has 0 bridgehead atoms. The quantitative estimate of drug-likeness (QED) is 0.441. The smallest absolute Gasteiger partial charge is 0.380 e. The van der Waals surface area contributed by atoms with Crippen molar-refractivity contribution in [3.63, 3.8) is 0 Å². The highest BCUT2D eigenvalue weighted by Crippen LogP contribution is 2.63. The number of rotatable bonds is 2. The highest BCUT2D eigenvalue weighted by molar-refractivity contribution is 7.87. The zero-order valence-corrected chi connectivity index (χ0v) is 16.8. The minimum Gasteiger partial charge on any atom is -0.380 e. The van der Waals surface area contributed by atoms with Gasteiger partial charge in [-0.2, -0.15) is 21.6 Å². The first-order chi connectivity index (χ1) is 12.5. The van der Waals surface area contributed by atoms with Crippen molar-refractivity contribution in [1.82, 2.24) is 0 Å². The molecule has 0 heterocycles. The molecular formula is C20H29F3O3S. The summed E-state index contributed by atoms with van der Waals surface area (Å²) in [4.78, 5) is 0. The van der Waals surface area contributed by atoms with Gasteiger partial charge in [0.05, 0.1) is 0 Å². The molecule has 0 radical (unpaired) electrons. The van der Waals surface area contributed by atoms with Crippen LogP contribution in [0.4, 0.5) is 13.2 Å². The summed E-state index contributed by atoms with van der Waals surface area (Å²) in [6, 6.07) is 0. The Morgan fingerprint density at radius 3 is 2.48 bits per heavy atom. The summed E-state index contributed by atoms with van der Waals surface area (Å²) < 4.78 is 66.1. The predicted octanol–water partition coefficient (Wildman–Crippen LogP) is 5.64. The number of allylic oxidation sites excluding steroid dienone is 2. The van der Waals surface area contributed by atoms with Crippen LogP contribution in [0.1, 0.15) is 65.2 Å². The van der Waals surface area contributed by atoms with Gasteiger partial charge in [-0.05, 0) is 86.5 Å². The molecule has 0 aromatic heterocycles. The van der Waals surface area contributed by atoms with Crippen molar-refractivity contribution in [3.8, 4) is 0 Å². The zero-order chi connectivity index (χ0) is 19.6. The Morgan fingerprint density at radius 2 is 1.78 bits per heavy atom. The maximum absolute atomic E-state index is 12.8. The van der Waals surface area contributed by atoms with E-state index in [-0.39, 0.29) is 11.7 Å². The summed E-state index contributed by atoms with van der Waals surface area (Å²) in [6.07, 6.45) is 10.1. The van der Waals surface area contributed by atoms with Gasteiger partial charge in [0.1, 0.15) is 5.76 Å². The van der Waals surface area contributed by atoms with Crippen molar-refractivity contribution >= 4 is 10.1 Å². The third-order valence-electron chi connectivity index (χ3n) is 8.21. The van der Waals surface area contributed by atoms with Crippen molar-refractivity contribution in [2.75, 3.05) is 0 Å². The lowest BCUT2D eigenvalue weighted by atomic mass is 9.50. The van der Waals surface area contributed by atoms with E-state index in [0.29, 0.717) is 18.3 Å². The van der Waals surface area contributed by atoms with E-state index in [9.17, 15) is 21.6 Å². The molecule has 7 atom stereocenters. The molecule has 0 N–H and O–H groups in total. The molecular weight excluding hydrogens is 377 g/mol. The molecule has 7 heteroatoms. The molecule has 0 amide bonds. The fourth-order valence-corrected chi connectivity index (χ4v) is 7.50. The largest absolute Gasteiger partial charge is 0.534 e. The second-order valence-corrected chi connectivity index (χ2v) is 11.1. The molecule has 0 spiro atoms. The van der Waals surface area contributed by atoms with Crippen LogP contribution in [0, 0.1) is 40.9 Å². The van der Waals surface area contributed by atoms with Gasteiger partial charge in [-0.15, -0.1) is 0 Å². The SMILES string of the molecule is C[C@H]1CC[C@H]2[C@@H](CC[C@@H]3[C@@H]2CC[C@]2(C)C(OS(=O)(=O)C(F)(F)F)=CC[C@@H]32)C1. The van der Waals surface area contributed by atoms with Gasteiger partial charge >= 0.3 is 15.6 Å².